The van der Waals surface area contributed by atoms with E-state index in [0.29, 0.717) is 19.6 Å². The van der Waals surface area contributed by atoms with Gasteiger partial charge in [-0.05, 0) is 62.1 Å². The molecule has 2 rings (SSSR count). The van der Waals surface area contributed by atoms with Gasteiger partial charge in [0.2, 0.25) is 0 Å². The minimum absolute atomic E-state index is 0.116. The second-order valence-corrected chi connectivity index (χ2v) is 6.24. The molecule has 1 N–H and O–H groups in total. The minimum Gasteiger partial charge on any atom is -0.492 e. The number of hydrogen-bond donors (Lipinski definition) is 1. The maximum Gasteiger partial charge on any atom is 0.261 e. The number of benzene rings is 2. The van der Waals surface area contributed by atoms with Gasteiger partial charge in [0, 0.05) is 0 Å². The molecule has 4 heteroatoms. The lowest BCUT2D eigenvalue weighted by Crippen LogP contribution is -2.39. The molecular weight excluding hydrogens is 314 g/mol. The molecule has 0 aliphatic heterocycles. The fourth-order valence-electron chi connectivity index (χ4n) is 2.64. The lowest BCUT2D eigenvalue weighted by Gasteiger charge is -2.18. The number of aryl methyl sites for hydroxylation is 3. The van der Waals surface area contributed by atoms with E-state index in [4.69, 9.17) is 9.47 Å². The molecule has 0 spiro atoms. The average Bonchev–Trinajstić information content (AvgIpc) is 2.57. The molecule has 0 fully saturated rings. The SMILES string of the molecule is CCC(Oc1ccccc1C)C(=O)NCCOc1cc(C)cc(C)c1. The first kappa shape index (κ1) is 18.8. The Morgan fingerprint density at radius 3 is 2.40 bits per heavy atom. The molecule has 25 heavy (non-hydrogen) atoms. The van der Waals surface area contributed by atoms with Crippen molar-refractivity contribution in [3.05, 3.63) is 59.2 Å². The number of ether oxygens (including phenoxy) is 2. The molecule has 0 saturated carbocycles. The van der Waals surface area contributed by atoms with E-state index >= 15 is 0 Å². The van der Waals surface area contributed by atoms with E-state index in [1.165, 1.54) is 0 Å². The maximum atomic E-state index is 12.3. The van der Waals surface area contributed by atoms with Gasteiger partial charge in [-0.15, -0.1) is 0 Å². The summed E-state index contributed by atoms with van der Waals surface area (Å²) >= 11 is 0. The van der Waals surface area contributed by atoms with Gasteiger partial charge in [-0.1, -0.05) is 31.2 Å². The van der Waals surface area contributed by atoms with Crippen LogP contribution in [0.1, 0.15) is 30.0 Å². The van der Waals surface area contributed by atoms with Gasteiger partial charge >= 0.3 is 0 Å². The highest BCUT2D eigenvalue weighted by molar-refractivity contribution is 5.81. The molecule has 1 unspecified atom stereocenters. The Morgan fingerprint density at radius 2 is 1.76 bits per heavy atom. The summed E-state index contributed by atoms with van der Waals surface area (Å²) in [6.07, 6.45) is 0.111. The Bertz CT molecular complexity index is 692. The molecule has 0 bridgehead atoms. The summed E-state index contributed by atoms with van der Waals surface area (Å²) in [6.45, 7) is 8.86. The van der Waals surface area contributed by atoms with Crippen LogP contribution in [0.15, 0.2) is 42.5 Å². The number of para-hydroxylation sites is 1. The Hall–Kier alpha value is -2.49. The third-order valence-electron chi connectivity index (χ3n) is 3.89. The van der Waals surface area contributed by atoms with Gasteiger partial charge in [0.15, 0.2) is 6.10 Å². The van der Waals surface area contributed by atoms with Gasteiger partial charge < -0.3 is 14.8 Å². The molecule has 0 radical (unpaired) electrons. The molecule has 0 aromatic heterocycles. The molecule has 0 aliphatic rings. The molecule has 134 valence electrons. The van der Waals surface area contributed by atoms with E-state index in [1.54, 1.807) is 0 Å². The number of amides is 1. The highest BCUT2D eigenvalue weighted by atomic mass is 16.5. The molecule has 1 amide bonds. The Labute approximate surface area is 150 Å². The van der Waals surface area contributed by atoms with E-state index in [1.807, 2.05) is 64.1 Å². The van der Waals surface area contributed by atoms with Crippen molar-refractivity contribution in [2.45, 2.75) is 40.2 Å². The van der Waals surface area contributed by atoms with E-state index in [9.17, 15) is 4.79 Å². The fraction of sp³-hybridized carbons (Fsp3) is 0.381. The van der Waals surface area contributed by atoms with Gasteiger partial charge in [-0.25, -0.2) is 0 Å². The van der Waals surface area contributed by atoms with E-state index < -0.39 is 6.10 Å². The minimum atomic E-state index is -0.498. The van der Waals surface area contributed by atoms with Crippen molar-refractivity contribution in [1.82, 2.24) is 5.32 Å². The van der Waals surface area contributed by atoms with Crippen LogP contribution in [0.25, 0.3) is 0 Å². The third kappa shape index (κ3) is 5.82. The summed E-state index contributed by atoms with van der Waals surface area (Å²) in [5.41, 5.74) is 3.35. The fourth-order valence-corrected chi connectivity index (χ4v) is 2.64. The van der Waals surface area contributed by atoms with Crippen LogP contribution in [0.5, 0.6) is 11.5 Å². The quantitative estimate of drug-likeness (QED) is 0.739. The van der Waals surface area contributed by atoms with Gasteiger partial charge in [-0.3, -0.25) is 4.79 Å². The van der Waals surface area contributed by atoms with E-state index in [-0.39, 0.29) is 5.91 Å². The zero-order chi connectivity index (χ0) is 18.2. The Morgan fingerprint density at radius 1 is 1.08 bits per heavy atom. The van der Waals surface area contributed by atoms with Crippen molar-refractivity contribution in [3.8, 4) is 11.5 Å². The highest BCUT2D eigenvalue weighted by Crippen LogP contribution is 2.19. The molecule has 2 aromatic carbocycles. The van der Waals surface area contributed by atoms with Gasteiger partial charge in [0.25, 0.3) is 5.91 Å². The summed E-state index contributed by atoms with van der Waals surface area (Å²) in [7, 11) is 0. The summed E-state index contributed by atoms with van der Waals surface area (Å²) < 4.78 is 11.6. The maximum absolute atomic E-state index is 12.3. The predicted octanol–water partition coefficient (Wildman–Crippen LogP) is 3.96. The smallest absolute Gasteiger partial charge is 0.261 e. The number of carbonyl (C=O) groups is 1. The Kier molecular flexibility index (Phi) is 6.87. The third-order valence-corrected chi connectivity index (χ3v) is 3.89. The van der Waals surface area contributed by atoms with Crippen LogP contribution >= 0.6 is 0 Å². The first-order chi connectivity index (χ1) is 12.0. The number of carbonyl (C=O) groups excluding carboxylic acids is 1. The van der Waals surface area contributed by atoms with Crippen molar-refractivity contribution in [1.29, 1.82) is 0 Å². The van der Waals surface area contributed by atoms with Crippen molar-refractivity contribution < 1.29 is 14.3 Å². The molecule has 0 aliphatic carbocycles. The van der Waals surface area contributed by atoms with Crippen molar-refractivity contribution in [3.63, 3.8) is 0 Å². The number of rotatable bonds is 8. The molecule has 1 atom stereocenters. The largest absolute Gasteiger partial charge is 0.492 e. The first-order valence-electron chi connectivity index (χ1n) is 8.70. The lowest BCUT2D eigenvalue weighted by atomic mass is 10.1. The van der Waals surface area contributed by atoms with Crippen molar-refractivity contribution in [2.75, 3.05) is 13.2 Å². The van der Waals surface area contributed by atoms with Crippen LogP contribution in [-0.2, 0) is 4.79 Å². The molecule has 2 aromatic rings. The van der Waals surface area contributed by atoms with Crippen molar-refractivity contribution >= 4 is 5.91 Å². The number of hydrogen-bond acceptors (Lipinski definition) is 3. The summed E-state index contributed by atoms with van der Waals surface area (Å²) in [4.78, 5) is 12.3. The molecule has 4 nitrogen and oxygen atoms in total. The highest BCUT2D eigenvalue weighted by Gasteiger charge is 2.18. The summed E-state index contributed by atoms with van der Waals surface area (Å²) in [5.74, 6) is 1.46. The van der Waals surface area contributed by atoms with Crippen molar-refractivity contribution in [2.24, 2.45) is 0 Å². The van der Waals surface area contributed by atoms with Crippen LogP contribution < -0.4 is 14.8 Å². The van der Waals surface area contributed by atoms with Crippen LogP contribution in [0, 0.1) is 20.8 Å². The van der Waals surface area contributed by atoms with Crippen LogP contribution in [0.2, 0.25) is 0 Å². The predicted molar refractivity (Wildman–Crippen MR) is 100 cm³/mol. The normalized spacial score (nSPS) is 11.7. The van der Waals surface area contributed by atoms with E-state index in [2.05, 4.69) is 11.4 Å². The lowest BCUT2D eigenvalue weighted by molar-refractivity contribution is -0.128. The monoisotopic (exact) mass is 341 g/mol. The zero-order valence-electron chi connectivity index (χ0n) is 15.5. The first-order valence-corrected chi connectivity index (χ1v) is 8.70. The number of nitrogens with one attached hydrogen (secondary N) is 1. The second-order valence-electron chi connectivity index (χ2n) is 6.24. The van der Waals surface area contributed by atoms with Gasteiger partial charge in [-0.2, -0.15) is 0 Å². The van der Waals surface area contributed by atoms with Gasteiger partial charge in [0.05, 0.1) is 6.54 Å². The van der Waals surface area contributed by atoms with Crippen LogP contribution in [0.4, 0.5) is 0 Å². The van der Waals surface area contributed by atoms with E-state index in [0.717, 1.165) is 28.2 Å². The summed E-state index contributed by atoms with van der Waals surface area (Å²) in [5, 5.41) is 2.88. The zero-order valence-corrected chi connectivity index (χ0v) is 15.5. The second kappa shape index (κ2) is 9.11. The Balaban J connectivity index is 1.81. The summed E-state index contributed by atoms with van der Waals surface area (Å²) in [6, 6.07) is 13.8. The van der Waals surface area contributed by atoms with Crippen LogP contribution in [-0.4, -0.2) is 25.2 Å². The molecule has 0 heterocycles. The average molecular weight is 341 g/mol. The molecule has 0 saturated heterocycles. The standard InChI is InChI=1S/C21H27NO3/c1-5-19(25-20-9-7-6-8-17(20)4)21(23)22-10-11-24-18-13-15(2)12-16(3)14-18/h6-9,12-14,19H,5,10-11H2,1-4H3,(H,22,23). The molecular formula is C21H27NO3. The van der Waals surface area contributed by atoms with Gasteiger partial charge in [0.1, 0.15) is 18.1 Å². The van der Waals surface area contributed by atoms with Crippen LogP contribution in [0.3, 0.4) is 0 Å². The topological polar surface area (TPSA) is 47.6 Å².